The van der Waals surface area contributed by atoms with Crippen molar-refractivity contribution in [2.75, 3.05) is 24.6 Å². The molecule has 1 fully saturated rings. The summed E-state index contributed by atoms with van der Waals surface area (Å²) in [7, 11) is 0. The highest BCUT2D eigenvalue weighted by molar-refractivity contribution is 7.18. The van der Waals surface area contributed by atoms with Gasteiger partial charge in [0.25, 0.3) is 0 Å². The van der Waals surface area contributed by atoms with E-state index in [1.165, 1.54) is 0 Å². The third kappa shape index (κ3) is 2.20. The maximum absolute atomic E-state index is 10.0. The molecule has 102 valence electrons. The Kier molecular flexibility index (Phi) is 3.38. The quantitative estimate of drug-likeness (QED) is 0.864. The minimum atomic E-state index is -0.496. The average molecular weight is 279 g/mol. The molecular formula is C13H17N3O2S. The summed E-state index contributed by atoms with van der Waals surface area (Å²) in [6, 6.07) is 0. The average Bonchev–Trinajstić information content (AvgIpc) is 2.80. The van der Waals surface area contributed by atoms with Crippen LogP contribution in [0, 0.1) is 12.8 Å². The maximum Gasteiger partial charge on any atom is 0.150 e. The van der Waals surface area contributed by atoms with Gasteiger partial charge in [0.05, 0.1) is 16.3 Å². The molecule has 1 aliphatic rings. The van der Waals surface area contributed by atoms with Crippen molar-refractivity contribution in [1.82, 2.24) is 9.97 Å². The number of hydrogen-bond donors (Lipinski definition) is 2. The van der Waals surface area contributed by atoms with Gasteiger partial charge in [-0.15, -0.1) is 11.3 Å². The number of aryl methyl sites for hydroxylation is 1. The van der Waals surface area contributed by atoms with Crippen molar-refractivity contribution in [2.45, 2.75) is 19.4 Å². The Morgan fingerprint density at radius 2 is 2.32 bits per heavy atom. The van der Waals surface area contributed by atoms with Crippen LogP contribution >= 0.6 is 11.3 Å². The summed E-state index contributed by atoms with van der Waals surface area (Å²) in [5.74, 6) is 0.886. The van der Waals surface area contributed by atoms with E-state index in [0.29, 0.717) is 6.54 Å². The van der Waals surface area contributed by atoms with Gasteiger partial charge in [-0.1, -0.05) is 0 Å². The second-order valence-electron chi connectivity index (χ2n) is 5.04. The molecule has 0 spiro atoms. The molecule has 0 unspecified atom stereocenters. The first kappa shape index (κ1) is 12.8. The van der Waals surface area contributed by atoms with Crippen LogP contribution in [0.25, 0.3) is 10.2 Å². The molecule has 0 saturated carbocycles. The maximum atomic E-state index is 10.0. The lowest BCUT2D eigenvalue weighted by Crippen LogP contribution is -2.45. The Balaban J connectivity index is 1.93. The third-order valence-corrected chi connectivity index (χ3v) is 4.85. The standard InChI is InChI=1S/C13H17N3O2S/c1-8-6-19-12-11(8)14-7-15-13(12)16-3-2-9(5-17)10(18)4-16/h6-7,9-10,17-18H,2-5H2,1H3/t9-,10+/m1/s1. The van der Waals surface area contributed by atoms with E-state index in [1.807, 2.05) is 6.92 Å². The first-order chi connectivity index (χ1) is 9.20. The number of hydrogen-bond acceptors (Lipinski definition) is 6. The van der Waals surface area contributed by atoms with Crippen LogP contribution in [0.1, 0.15) is 12.0 Å². The molecule has 2 aromatic rings. The molecule has 0 aliphatic carbocycles. The number of fused-ring (bicyclic) bond motifs is 1. The molecule has 3 rings (SSSR count). The van der Waals surface area contributed by atoms with Crippen LogP contribution in [0.2, 0.25) is 0 Å². The number of aliphatic hydroxyl groups excluding tert-OH is 2. The fraction of sp³-hybridized carbons (Fsp3) is 0.538. The highest BCUT2D eigenvalue weighted by Crippen LogP contribution is 2.32. The number of aliphatic hydroxyl groups is 2. The highest BCUT2D eigenvalue weighted by atomic mass is 32.1. The summed E-state index contributed by atoms with van der Waals surface area (Å²) < 4.78 is 1.08. The zero-order valence-electron chi connectivity index (χ0n) is 10.8. The van der Waals surface area contributed by atoms with Crippen molar-refractivity contribution in [1.29, 1.82) is 0 Å². The smallest absolute Gasteiger partial charge is 0.150 e. The first-order valence-electron chi connectivity index (χ1n) is 6.43. The monoisotopic (exact) mass is 279 g/mol. The van der Waals surface area contributed by atoms with Gasteiger partial charge in [0.2, 0.25) is 0 Å². The predicted octanol–water partition coefficient (Wildman–Crippen LogP) is 1.18. The van der Waals surface area contributed by atoms with Crippen LogP contribution in [0.3, 0.4) is 0 Å². The molecule has 2 N–H and O–H groups in total. The van der Waals surface area contributed by atoms with Crippen LogP contribution in [0.4, 0.5) is 5.82 Å². The molecule has 3 heterocycles. The second kappa shape index (κ2) is 5.03. The van der Waals surface area contributed by atoms with Crippen molar-refractivity contribution in [3.63, 3.8) is 0 Å². The first-order valence-corrected chi connectivity index (χ1v) is 7.31. The van der Waals surface area contributed by atoms with E-state index in [2.05, 4.69) is 20.2 Å². The predicted molar refractivity (Wildman–Crippen MR) is 75.6 cm³/mol. The lowest BCUT2D eigenvalue weighted by Gasteiger charge is -2.35. The Hall–Kier alpha value is -1.24. The van der Waals surface area contributed by atoms with Gasteiger partial charge < -0.3 is 15.1 Å². The molecule has 1 aliphatic heterocycles. The van der Waals surface area contributed by atoms with E-state index in [9.17, 15) is 10.2 Å². The number of anilines is 1. The molecule has 0 amide bonds. The van der Waals surface area contributed by atoms with Gasteiger partial charge in [0, 0.05) is 25.6 Å². The number of β-amino-alcohol motifs (C(OH)–C–C–N with tert-alkyl or cyclic N) is 1. The molecule has 2 atom stereocenters. The van der Waals surface area contributed by atoms with E-state index >= 15 is 0 Å². The van der Waals surface area contributed by atoms with Gasteiger partial charge in [-0.05, 0) is 24.3 Å². The Morgan fingerprint density at radius 3 is 3.05 bits per heavy atom. The van der Waals surface area contributed by atoms with Crippen molar-refractivity contribution in [2.24, 2.45) is 5.92 Å². The third-order valence-electron chi connectivity index (χ3n) is 3.77. The van der Waals surface area contributed by atoms with Crippen LogP contribution in [-0.2, 0) is 0 Å². The van der Waals surface area contributed by atoms with E-state index in [0.717, 1.165) is 34.6 Å². The Morgan fingerprint density at radius 1 is 1.47 bits per heavy atom. The zero-order valence-corrected chi connectivity index (χ0v) is 11.6. The normalized spacial score (nSPS) is 24.1. The molecular weight excluding hydrogens is 262 g/mol. The van der Waals surface area contributed by atoms with E-state index in [4.69, 9.17) is 0 Å². The van der Waals surface area contributed by atoms with Crippen molar-refractivity contribution in [3.05, 3.63) is 17.3 Å². The molecule has 5 nitrogen and oxygen atoms in total. The summed E-state index contributed by atoms with van der Waals surface area (Å²) in [5, 5.41) is 21.3. The molecule has 2 aromatic heterocycles. The van der Waals surface area contributed by atoms with Crippen LogP contribution < -0.4 is 4.90 Å². The van der Waals surface area contributed by atoms with Gasteiger partial charge in [0.1, 0.15) is 12.1 Å². The van der Waals surface area contributed by atoms with Crippen LogP contribution in [0.15, 0.2) is 11.7 Å². The topological polar surface area (TPSA) is 69.5 Å². The lowest BCUT2D eigenvalue weighted by molar-refractivity contribution is 0.0547. The number of nitrogens with zero attached hydrogens (tertiary/aromatic N) is 3. The summed E-state index contributed by atoms with van der Waals surface area (Å²) in [6.07, 6.45) is 1.87. The fourth-order valence-corrected chi connectivity index (χ4v) is 3.59. The zero-order chi connectivity index (χ0) is 13.4. The number of thiophene rings is 1. The number of rotatable bonds is 2. The second-order valence-corrected chi connectivity index (χ2v) is 5.92. The summed E-state index contributed by atoms with van der Waals surface area (Å²) in [5.41, 5.74) is 2.16. The molecule has 19 heavy (non-hydrogen) atoms. The number of aromatic nitrogens is 2. The summed E-state index contributed by atoms with van der Waals surface area (Å²) in [6.45, 7) is 3.42. The minimum absolute atomic E-state index is 0.0151. The Labute approximate surface area is 115 Å². The van der Waals surface area contributed by atoms with Gasteiger partial charge in [0.15, 0.2) is 0 Å². The van der Waals surface area contributed by atoms with Crippen LogP contribution in [-0.4, -0.2) is 46.0 Å². The SMILES string of the molecule is Cc1csc2c(N3CC[C@H](CO)[C@@H](O)C3)ncnc12. The largest absolute Gasteiger partial charge is 0.396 e. The minimum Gasteiger partial charge on any atom is -0.396 e. The molecule has 0 radical (unpaired) electrons. The molecule has 0 bridgehead atoms. The van der Waals surface area contributed by atoms with Crippen molar-refractivity contribution < 1.29 is 10.2 Å². The summed E-state index contributed by atoms with van der Waals surface area (Å²) in [4.78, 5) is 10.8. The van der Waals surface area contributed by atoms with Crippen molar-refractivity contribution in [3.8, 4) is 0 Å². The molecule has 0 aromatic carbocycles. The fourth-order valence-electron chi connectivity index (χ4n) is 2.57. The number of piperidine rings is 1. The van der Waals surface area contributed by atoms with E-state index < -0.39 is 6.10 Å². The summed E-state index contributed by atoms with van der Waals surface area (Å²) >= 11 is 1.64. The highest BCUT2D eigenvalue weighted by Gasteiger charge is 2.28. The van der Waals surface area contributed by atoms with Gasteiger partial charge in [-0.3, -0.25) is 0 Å². The van der Waals surface area contributed by atoms with Gasteiger partial charge >= 0.3 is 0 Å². The molecule has 6 heteroatoms. The van der Waals surface area contributed by atoms with Gasteiger partial charge in [-0.25, -0.2) is 9.97 Å². The molecule has 1 saturated heterocycles. The lowest BCUT2D eigenvalue weighted by atomic mass is 9.95. The Bertz CT molecular complexity index is 586. The van der Waals surface area contributed by atoms with E-state index in [1.54, 1.807) is 17.7 Å². The van der Waals surface area contributed by atoms with Crippen LogP contribution in [0.5, 0.6) is 0 Å². The van der Waals surface area contributed by atoms with E-state index in [-0.39, 0.29) is 12.5 Å². The van der Waals surface area contributed by atoms with Gasteiger partial charge in [-0.2, -0.15) is 0 Å². The van der Waals surface area contributed by atoms with Crippen molar-refractivity contribution >= 4 is 27.4 Å².